The maximum absolute atomic E-state index is 12.6. The molecular formula is C26H40O7. The minimum atomic E-state index is -0.919. The molecule has 0 saturated heterocycles. The van der Waals surface area contributed by atoms with Gasteiger partial charge in [0.1, 0.15) is 6.10 Å². The van der Waals surface area contributed by atoms with Gasteiger partial charge in [-0.1, -0.05) is 13.8 Å². The normalized spacial score (nSPS) is 45.1. The van der Waals surface area contributed by atoms with Crippen molar-refractivity contribution in [2.24, 2.45) is 40.4 Å². The Kier molecular flexibility index (Phi) is 6.58. The number of carbonyl (C=O) groups is 3. The number of fused-ring (bicyclic) bond motifs is 5. The van der Waals surface area contributed by atoms with Gasteiger partial charge in [-0.3, -0.25) is 9.59 Å². The lowest BCUT2D eigenvalue weighted by atomic mass is 9.43. The first kappa shape index (κ1) is 24.5. The third-order valence-corrected chi connectivity index (χ3v) is 10.0. The van der Waals surface area contributed by atoms with Gasteiger partial charge in [-0.25, -0.2) is 4.79 Å². The second-order valence-corrected chi connectivity index (χ2v) is 11.6. The number of carbonyl (C=O) groups excluding carboxylic acids is 3. The summed E-state index contributed by atoms with van der Waals surface area (Å²) in [4.78, 5) is 35.8. The number of aliphatic hydroxyl groups is 1. The lowest BCUT2D eigenvalue weighted by Gasteiger charge is -2.62. The van der Waals surface area contributed by atoms with E-state index >= 15 is 0 Å². The lowest BCUT2D eigenvalue weighted by Crippen LogP contribution is -2.60. The molecule has 0 spiro atoms. The monoisotopic (exact) mass is 464 g/mol. The molecule has 7 nitrogen and oxygen atoms in total. The van der Waals surface area contributed by atoms with Crippen LogP contribution in [0.4, 0.5) is 0 Å². The summed E-state index contributed by atoms with van der Waals surface area (Å²) >= 11 is 0. The molecule has 1 N–H and O–H groups in total. The molecule has 0 aliphatic heterocycles. The van der Waals surface area contributed by atoms with Crippen molar-refractivity contribution in [3.05, 3.63) is 0 Å². The van der Waals surface area contributed by atoms with Crippen molar-refractivity contribution in [3.8, 4) is 0 Å². The molecule has 0 radical (unpaired) electrons. The van der Waals surface area contributed by atoms with Gasteiger partial charge in [0, 0.05) is 19.8 Å². The number of rotatable bonds is 4. The van der Waals surface area contributed by atoms with Crippen LogP contribution in [0.2, 0.25) is 0 Å². The number of hydrogen-bond donors (Lipinski definition) is 1. The van der Waals surface area contributed by atoms with Crippen molar-refractivity contribution in [2.75, 3.05) is 7.11 Å². The van der Waals surface area contributed by atoms with Gasteiger partial charge >= 0.3 is 17.9 Å². The van der Waals surface area contributed by atoms with Gasteiger partial charge in [-0.05, 0) is 85.9 Å². The van der Waals surface area contributed by atoms with E-state index in [1.54, 1.807) is 0 Å². The average Bonchev–Trinajstić information content (AvgIpc) is 3.07. The number of esters is 3. The third-order valence-electron chi connectivity index (χ3n) is 10.0. The van der Waals surface area contributed by atoms with Gasteiger partial charge in [0.05, 0.1) is 13.2 Å². The van der Waals surface area contributed by atoms with Crippen LogP contribution in [0.25, 0.3) is 0 Å². The molecular weight excluding hydrogens is 424 g/mol. The highest BCUT2D eigenvalue weighted by Gasteiger charge is 2.65. The summed E-state index contributed by atoms with van der Waals surface area (Å²) in [6, 6.07) is 0. The standard InChI is InChI=1S/C26H40O7/c1-14(27)32-17-10-11-25(3)16(12-17)6-7-18-19-8-9-20(23(24(30)31-5)33-15(2)28)26(19,4)13-21(29)22(18)25/h16-23,29H,6-13H2,1-5H3/t16?,17-,18?,19?,20?,21?,22?,23?,25?,26?/m1/s1. The second-order valence-electron chi connectivity index (χ2n) is 11.6. The minimum Gasteiger partial charge on any atom is -0.466 e. The topological polar surface area (TPSA) is 99.1 Å². The van der Waals surface area contributed by atoms with Crippen LogP contribution in [-0.2, 0) is 28.6 Å². The maximum Gasteiger partial charge on any atom is 0.347 e. The summed E-state index contributed by atoms with van der Waals surface area (Å²) in [6.45, 7) is 7.32. The molecule has 0 heterocycles. The molecule has 186 valence electrons. The Balaban J connectivity index is 1.58. The average molecular weight is 465 g/mol. The molecule has 10 atom stereocenters. The van der Waals surface area contributed by atoms with Crippen LogP contribution in [0.15, 0.2) is 0 Å². The van der Waals surface area contributed by atoms with Gasteiger partial charge in [-0.15, -0.1) is 0 Å². The van der Waals surface area contributed by atoms with E-state index in [0.717, 1.165) is 44.9 Å². The zero-order chi connectivity index (χ0) is 24.1. The molecule has 33 heavy (non-hydrogen) atoms. The molecule has 0 aromatic heterocycles. The predicted molar refractivity (Wildman–Crippen MR) is 120 cm³/mol. The molecule has 7 heteroatoms. The molecule has 4 saturated carbocycles. The van der Waals surface area contributed by atoms with E-state index in [1.807, 2.05) is 0 Å². The van der Waals surface area contributed by atoms with Crippen molar-refractivity contribution in [3.63, 3.8) is 0 Å². The molecule has 9 unspecified atom stereocenters. The fourth-order valence-corrected chi connectivity index (χ4v) is 8.81. The Morgan fingerprint density at radius 1 is 0.970 bits per heavy atom. The first-order valence-corrected chi connectivity index (χ1v) is 12.6. The SMILES string of the molecule is COC(=O)C(OC(C)=O)C1CCC2C3CCC4C[C@H](OC(C)=O)CCC4(C)C3C(O)CC12C. The highest BCUT2D eigenvalue weighted by Crippen LogP contribution is 2.68. The summed E-state index contributed by atoms with van der Waals surface area (Å²) in [5.41, 5.74) is -0.261. The molecule has 4 aliphatic carbocycles. The van der Waals surface area contributed by atoms with Crippen LogP contribution in [-0.4, -0.2) is 48.4 Å². The van der Waals surface area contributed by atoms with Crippen molar-refractivity contribution < 1.29 is 33.7 Å². The highest BCUT2D eigenvalue weighted by molar-refractivity contribution is 5.79. The maximum atomic E-state index is 12.6. The van der Waals surface area contributed by atoms with Crippen molar-refractivity contribution >= 4 is 17.9 Å². The Labute approximate surface area is 196 Å². The molecule has 0 aromatic carbocycles. The first-order chi connectivity index (χ1) is 15.5. The summed E-state index contributed by atoms with van der Waals surface area (Å²) in [5, 5.41) is 11.6. The second kappa shape index (κ2) is 8.86. The van der Waals surface area contributed by atoms with Gasteiger partial charge in [-0.2, -0.15) is 0 Å². The van der Waals surface area contributed by atoms with E-state index in [0.29, 0.717) is 24.2 Å². The van der Waals surface area contributed by atoms with Crippen molar-refractivity contribution in [1.82, 2.24) is 0 Å². The van der Waals surface area contributed by atoms with Crippen LogP contribution in [0.1, 0.15) is 79.1 Å². The van der Waals surface area contributed by atoms with Gasteiger partial charge in [0.15, 0.2) is 0 Å². The molecule has 4 rings (SSSR count). The molecule has 0 amide bonds. The number of ether oxygens (including phenoxy) is 3. The first-order valence-electron chi connectivity index (χ1n) is 12.6. The fourth-order valence-electron chi connectivity index (χ4n) is 8.81. The van der Waals surface area contributed by atoms with Crippen molar-refractivity contribution in [2.45, 2.75) is 97.4 Å². The molecule has 4 fully saturated rings. The summed E-state index contributed by atoms with van der Waals surface area (Å²) in [6.07, 6.45) is 5.78. The van der Waals surface area contributed by atoms with E-state index in [4.69, 9.17) is 14.2 Å². The quantitative estimate of drug-likeness (QED) is 0.501. The van der Waals surface area contributed by atoms with Crippen LogP contribution in [0.5, 0.6) is 0 Å². The van der Waals surface area contributed by atoms with Gasteiger partial charge in [0.25, 0.3) is 0 Å². The van der Waals surface area contributed by atoms with E-state index in [-0.39, 0.29) is 34.7 Å². The summed E-state index contributed by atoms with van der Waals surface area (Å²) < 4.78 is 16.0. The molecule has 4 aliphatic rings. The predicted octanol–water partition coefficient (Wildman–Crippen LogP) is 3.65. The Morgan fingerprint density at radius 2 is 1.70 bits per heavy atom. The minimum absolute atomic E-state index is 0.0106. The number of aliphatic hydroxyl groups excluding tert-OH is 1. The van der Waals surface area contributed by atoms with Crippen molar-refractivity contribution in [1.29, 1.82) is 0 Å². The lowest BCUT2D eigenvalue weighted by molar-refractivity contribution is -0.194. The van der Waals surface area contributed by atoms with E-state index < -0.39 is 24.1 Å². The van der Waals surface area contributed by atoms with Crippen LogP contribution in [0.3, 0.4) is 0 Å². The van der Waals surface area contributed by atoms with E-state index in [1.165, 1.54) is 21.0 Å². The number of hydrogen-bond acceptors (Lipinski definition) is 7. The van der Waals surface area contributed by atoms with E-state index in [2.05, 4.69) is 13.8 Å². The largest absolute Gasteiger partial charge is 0.466 e. The smallest absolute Gasteiger partial charge is 0.347 e. The van der Waals surface area contributed by atoms with Crippen LogP contribution in [0, 0.1) is 40.4 Å². The van der Waals surface area contributed by atoms with Crippen LogP contribution >= 0.6 is 0 Å². The zero-order valence-electron chi connectivity index (χ0n) is 20.7. The van der Waals surface area contributed by atoms with Gasteiger partial charge < -0.3 is 19.3 Å². The van der Waals surface area contributed by atoms with E-state index in [9.17, 15) is 19.5 Å². The zero-order valence-corrected chi connectivity index (χ0v) is 20.7. The molecule has 0 aromatic rings. The Bertz CT molecular complexity index is 796. The molecule has 0 bridgehead atoms. The Hall–Kier alpha value is -1.63. The third kappa shape index (κ3) is 4.08. The summed E-state index contributed by atoms with van der Waals surface area (Å²) in [7, 11) is 1.33. The highest BCUT2D eigenvalue weighted by atomic mass is 16.6. The van der Waals surface area contributed by atoms with Crippen LogP contribution < -0.4 is 0 Å². The van der Waals surface area contributed by atoms with Gasteiger partial charge in [0.2, 0.25) is 6.10 Å². The Morgan fingerprint density at radius 3 is 2.33 bits per heavy atom. The number of methoxy groups -OCH3 is 1. The fraction of sp³-hybridized carbons (Fsp3) is 0.885. The summed E-state index contributed by atoms with van der Waals surface area (Å²) in [5.74, 6) is 0.0508.